The topological polar surface area (TPSA) is 90.5 Å². The standard InChI is InChI=1S/C18H21BrN6O2/c19-14-4-1-2-5-15(14)23-18(27)22-9-6-16(26)24-10-12-25(13-11-24)17-20-7-3-8-21-17/h1-5,7-8H,6,9-13H2,(H2,22,23,27). The Morgan fingerprint density at radius 3 is 2.44 bits per heavy atom. The third kappa shape index (κ3) is 5.40. The number of hydrogen-bond donors (Lipinski definition) is 2. The van der Waals surface area contributed by atoms with E-state index in [1.165, 1.54) is 0 Å². The van der Waals surface area contributed by atoms with Crippen LogP contribution in [0.5, 0.6) is 0 Å². The van der Waals surface area contributed by atoms with E-state index in [0.717, 1.165) is 4.47 Å². The van der Waals surface area contributed by atoms with Crippen LogP contribution in [-0.4, -0.2) is 59.5 Å². The van der Waals surface area contributed by atoms with Crippen LogP contribution in [0.25, 0.3) is 0 Å². The molecule has 27 heavy (non-hydrogen) atoms. The van der Waals surface area contributed by atoms with Gasteiger partial charge >= 0.3 is 6.03 Å². The Morgan fingerprint density at radius 2 is 1.74 bits per heavy atom. The minimum absolute atomic E-state index is 0.0322. The lowest BCUT2D eigenvalue weighted by Crippen LogP contribution is -2.49. The Balaban J connectivity index is 1.37. The number of urea groups is 1. The zero-order valence-corrected chi connectivity index (χ0v) is 16.4. The average molecular weight is 433 g/mol. The van der Waals surface area contributed by atoms with E-state index in [2.05, 4.69) is 41.4 Å². The van der Waals surface area contributed by atoms with Gasteiger partial charge < -0.3 is 20.4 Å². The molecule has 0 saturated carbocycles. The predicted molar refractivity (Wildman–Crippen MR) is 107 cm³/mol. The summed E-state index contributed by atoms with van der Waals surface area (Å²) in [6.45, 7) is 2.94. The van der Waals surface area contributed by atoms with E-state index in [0.29, 0.717) is 37.8 Å². The highest BCUT2D eigenvalue weighted by Crippen LogP contribution is 2.20. The van der Waals surface area contributed by atoms with Crippen molar-refractivity contribution in [2.45, 2.75) is 6.42 Å². The van der Waals surface area contributed by atoms with Crippen LogP contribution in [0.15, 0.2) is 47.2 Å². The van der Waals surface area contributed by atoms with Gasteiger partial charge in [0.25, 0.3) is 0 Å². The summed E-state index contributed by atoms with van der Waals surface area (Å²) in [6.07, 6.45) is 3.69. The molecule has 3 amide bonds. The Bertz CT molecular complexity index is 780. The maximum Gasteiger partial charge on any atom is 0.319 e. The summed E-state index contributed by atoms with van der Waals surface area (Å²) in [5.74, 6) is 0.722. The van der Waals surface area contributed by atoms with Gasteiger partial charge in [-0.25, -0.2) is 14.8 Å². The summed E-state index contributed by atoms with van der Waals surface area (Å²) in [4.78, 5) is 36.6. The number of benzene rings is 1. The SMILES string of the molecule is O=C(NCCC(=O)N1CCN(c2ncccn2)CC1)Nc1ccccc1Br. The van der Waals surface area contributed by atoms with Gasteiger partial charge in [-0.3, -0.25) is 4.79 Å². The first-order chi connectivity index (χ1) is 13.1. The molecule has 0 aliphatic carbocycles. The molecule has 1 aliphatic heterocycles. The number of halogens is 1. The van der Waals surface area contributed by atoms with Crippen molar-refractivity contribution in [2.75, 3.05) is 42.9 Å². The number of nitrogens with zero attached hydrogens (tertiary/aromatic N) is 4. The molecule has 1 aliphatic rings. The van der Waals surface area contributed by atoms with Crippen LogP contribution in [0, 0.1) is 0 Å². The van der Waals surface area contributed by atoms with E-state index in [4.69, 9.17) is 0 Å². The third-order valence-corrected chi connectivity index (χ3v) is 4.91. The van der Waals surface area contributed by atoms with Crippen LogP contribution < -0.4 is 15.5 Å². The van der Waals surface area contributed by atoms with Crippen molar-refractivity contribution in [3.63, 3.8) is 0 Å². The monoisotopic (exact) mass is 432 g/mol. The fourth-order valence-electron chi connectivity index (χ4n) is 2.78. The first-order valence-electron chi connectivity index (χ1n) is 8.72. The first-order valence-corrected chi connectivity index (χ1v) is 9.52. The second-order valence-corrected chi connectivity index (χ2v) is 6.88. The quantitative estimate of drug-likeness (QED) is 0.754. The van der Waals surface area contributed by atoms with E-state index in [9.17, 15) is 9.59 Å². The summed E-state index contributed by atoms with van der Waals surface area (Å²) in [7, 11) is 0. The number of carbonyl (C=O) groups is 2. The normalized spacial score (nSPS) is 14.0. The van der Waals surface area contributed by atoms with Crippen LogP contribution in [0.4, 0.5) is 16.4 Å². The molecule has 1 aromatic heterocycles. The van der Waals surface area contributed by atoms with Gasteiger partial charge in [-0.05, 0) is 34.1 Å². The Morgan fingerprint density at radius 1 is 1.04 bits per heavy atom. The summed E-state index contributed by atoms with van der Waals surface area (Å²) in [5, 5.41) is 5.46. The molecule has 1 saturated heterocycles. The second kappa shape index (κ2) is 9.31. The van der Waals surface area contributed by atoms with E-state index in [1.807, 2.05) is 23.1 Å². The van der Waals surface area contributed by atoms with E-state index < -0.39 is 0 Å². The molecule has 0 radical (unpaired) electrons. The largest absolute Gasteiger partial charge is 0.339 e. The molecule has 8 nitrogen and oxygen atoms in total. The maximum atomic E-state index is 12.3. The van der Waals surface area contributed by atoms with Crippen LogP contribution in [0.2, 0.25) is 0 Å². The van der Waals surface area contributed by atoms with Crippen molar-refractivity contribution < 1.29 is 9.59 Å². The Hall–Kier alpha value is -2.68. The van der Waals surface area contributed by atoms with Gasteiger partial charge in [-0.15, -0.1) is 0 Å². The lowest BCUT2D eigenvalue weighted by Gasteiger charge is -2.34. The second-order valence-electron chi connectivity index (χ2n) is 6.03. The number of anilines is 2. The van der Waals surface area contributed by atoms with E-state index in [-0.39, 0.29) is 24.9 Å². The van der Waals surface area contributed by atoms with Crippen molar-refractivity contribution in [1.82, 2.24) is 20.2 Å². The van der Waals surface area contributed by atoms with Crippen molar-refractivity contribution in [1.29, 1.82) is 0 Å². The molecular weight excluding hydrogens is 412 g/mol. The van der Waals surface area contributed by atoms with Gasteiger partial charge in [0, 0.05) is 56.0 Å². The highest BCUT2D eigenvalue weighted by molar-refractivity contribution is 9.10. The number of carbonyl (C=O) groups excluding carboxylic acids is 2. The molecular formula is C18H21BrN6O2. The third-order valence-electron chi connectivity index (χ3n) is 4.21. The molecule has 9 heteroatoms. The zero-order valence-electron chi connectivity index (χ0n) is 14.8. The number of hydrogen-bond acceptors (Lipinski definition) is 5. The minimum Gasteiger partial charge on any atom is -0.339 e. The fraction of sp³-hybridized carbons (Fsp3) is 0.333. The van der Waals surface area contributed by atoms with E-state index in [1.54, 1.807) is 24.5 Å². The van der Waals surface area contributed by atoms with Gasteiger partial charge in [-0.1, -0.05) is 12.1 Å². The number of nitrogens with one attached hydrogen (secondary N) is 2. The molecule has 0 unspecified atom stereocenters. The molecule has 0 spiro atoms. The maximum absolute atomic E-state index is 12.3. The van der Waals surface area contributed by atoms with Crippen LogP contribution in [0.1, 0.15) is 6.42 Å². The molecule has 1 aromatic carbocycles. The van der Waals surface area contributed by atoms with Crippen LogP contribution in [-0.2, 0) is 4.79 Å². The van der Waals surface area contributed by atoms with Crippen molar-refractivity contribution >= 4 is 39.5 Å². The number of amides is 3. The Labute approximate surface area is 166 Å². The molecule has 0 atom stereocenters. The van der Waals surface area contributed by atoms with Crippen LogP contribution in [0.3, 0.4) is 0 Å². The predicted octanol–water partition coefficient (Wildman–Crippen LogP) is 2.10. The van der Waals surface area contributed by atoms with Crippen molar-refractivity contribution in [3.8, 4) is 0 Å². The molecule has 0 bridgehead atoms. The smallest absolute Gasteiger partial charge is 0.319 e. The van der Waals surface area contributed by atoms with Gasteiger partial charge in [0.1, 0.15) is 0 Å². The highest BCUT2D eigenvalue weighted by Gasteiger charge is 2.22. The number of aromatic nitrogens is 2. The molecule has 1 fully saturated rings. The van der Waals surface area contributed by atoms with E-state index >= 15 is 0 Å². The average Bonchev–Trinajstić information content (AvgIpc) is 2.70. The summed E-state index contributed by atoms with van der Waals surface area (Å²) < 4.78 is 0.802. The molecule has 2 N–H and O–H groups in total. The van der Waals surface area contributed by atoms with Gasteiger partial charge in [0.2, 0.25) is 11.9 Å². The lowest BCUT2D eigenvalue weighted by molar-refractivity contribution is -0.131. The molecule has 2 heterocycles. The Kier molecular flexibility index (Phi) is 6.59. The summed E-state index contributed by atoms with van der Waals surface area (Å²) >= 11 is 3.37. The molecule has 2 aromatic rings. The highest BCUT2D eigenvalue weighted by atomic mass is 79.9. The minimum atomic E-state index is -0.333. The van der Waals surface area contributed by atoms with Crippen molar-refractivity contribution in [2.24, 2.45) is 0 Å². The number of rotatable bonds is 5. The molecule has 3 rings (SSSR count). The fourth-order valence-corrected chi connectivity index (χ4v) is 3.16. The first kappa shape index (κ1) is 19.1. The van der Waals surface area contributed by atoms with Gasteiger partial charge in [0.05, 0.1) is 5.69 Å². The summed E-state index contributed by atoms with van der Waals surface area (Å²) in [6, 6.07) is 8.80. The number of piperazine rings is 1. The molecule has 142 valence electrons. The van der Waals surface area contributed by atoms with Gasteiger partial charge in [0.15, 0.2) is 0 Å². The number of para-hydroxylation sites is 1. The zero-order chi connectivity index (χ0) is 19.1. The summed E-state index contributed by atoms with van der Waals surface area (Å²) in [5.41, 5.74) is 0.681. The van der Waals surface area contributed by atoms with Crippen molar-refractivity contribution in [3.05, 3.63) is 47.2 Å². The van der Waals surface area contributed by atoms with Gasteiger partial charge in [-0.2, -0.15) is 0 Å². The van der Waals surface area contributed by atoms with Crippen LogP contribution >= 0.6 is 15.9 Å². The lowest BCUT2D eigenvalue weighted by atomic mass is 10.3.